The summed E-state index contributed by atoms with van der Waals surface area (Å²) in [4.78, 5) is 8.70. The van der Waals surface area contributed by atoms with E-state index in [0.29, 0.717) is 6.54 Å². The van der Waals surface area contributed by atoms with Gasteiger partial charge in [-0.3, -0.25) is 4.98 Å². The first-order valence-corrected chi connectivity index (χ1v) is 5.34. The van der Waals surface area contributed by atoms with Crippen LogP contribution in [0.25, 0.3) is 0 Å². The van der Waals surface area contributed by atoms with Crippen LogP contribution in [-0.2, 0) is 6.54 Å². The third kappa shape index (κ3) is 2.57. The highest BCUT2D eigenvalue weighted by molar-refractivity contribution is 5.36. The molecule has 2 aromatic heterocycles. The van der Waals surface area contributed by atoms with Crippen LogP contribution in [0.15, 0.2) is 36.5 Å². The maximum absolute atomic E-state index is 4.38. The highest BCUT2D eigenvalue weighted by Crippen LogP contribution is 2.08. The fraction of sp³-hybridized carbons (Fsp3) is 0.231. The molecule has 0 unspecified atom stereocenters. The number of nitrogens with one attached hydrogen (secondary N) is 1. The molecule has 0 saturated carbocycles. The lowest BCUT2D eigenvalue weighted by molar-refractivity contribution is 1.00. The van der Waals surface area contributed by atoms with Crippen molar-refractivity contribution in [3.05, 3.63) is 53.5 Å². The first-order valence-electron chi connectivity index (χ1n) is 5.34. The van der Waals surface area contributed by atoms with Crippen molar-refractivity contribution in [3.8, 4) is 0 Å². The Labute approximate surface area is 95.6 Å². The number of nitrogens with zero attached hydrogens (tertiary/aromatic N) is 2. The van der Waals surface area contributed by atoms with Gasteiger partial charge in [0.2, 0.25) is 0 Å². The summed E-state index contributed by atoms with van der Waals surface area (Å²) in [6.07, 6.45) is 1.81. The number of pyridine rings is 2. The molecule has 0 amide bonds. The molecule has 0 radical (unpaired) electrons. The van der Waals surface area contributed by atoms with Gasteiger partial charge in [0.15, 0.2) is 0 Å². The van der Waals surface area contributed by atoms with Gasteiger partial charge < -0.3 is 5.32 Å². The Morgan fingerprint density at radius 3 is 2.75 bits per heavy atom. The van der Waals surface area contributed by atoms with Crippen LogP contribution in [0.5, 0.6) is 0 Å². The SMILES string of the molecule is Cc1cccc(NCc2ncccc2C)n1. The Morgan fingerprint density at radius 2 is 2.00 bits per heavy atom. The fourth-order valence-electron chi connectivity index (χ4n) is 1.52. The van der Waals surface area contributed by atoms with E-state index in [1.165, 1.54) is 5.56 Å². The zero-order valence-electron chi connectivity index (χ0n) is 9.57. The average Bonchev–Trinajstić information content (AvgIpc) is 2.28. The summed E-state index contributed by atoms with van der Waals surface area (Å²) in [6.45, 7) is 4.76. The molecule has 0 bridgehead atoms. The minimum atomic E-state index is 0.711. The largest absolute Gasteiger partial charge is 0.364 e. The van der Waals surface area contributed by atoms with Crippen LogP contribution in [0.2, 0.25) is 0 Å². The lowest BCUT2D eigenvalue weighted by atomic mass is 10.2. The predicted molar refractivity (Wildman–Crippen MR) is 65.3 cm³/mol. The van der Waals surface area contributed by atoms with Gasteiger partial charge in [-0.05, 0) is 37.6 Å². The highest BCUT2D eigenvalue weighted by atomic mass is 15.0. The van der Waals surface area contributed by atoms with Gasteiger partial charge >= 0.3 is 0 Å². The number of hydrogen-bond acceptors (Lipinski definition) is 3. The van der Waals surface area contributed by atoms with Crippen LogP contribution in [0.4, 0.5) is 5.82 Å². The molecule has 82 valence electrons. The molecule has 0 aliphatic heterocycles. The van der Waals surface area contributed by atoms with E-state index < -0.39 is 0 Å². The Balaban J connectivity index is 2.05. The van der Waals surface area contributed by atoms with Crippen LogP contribution in [-0.4, -0.2) is 9.97 Å². The Bertz CT molecular complexity index is 480. The lowest BCUT2D eigenvalue weighted by Crippen LogP contribution is -2.04. The van der Waals surface area contributed by atoms with Gasteiger partial charge in [-0.1, -0.05) is 12.1 Å². The van der Waals surface area contributed by atoms with Crippen LogP contribution in [0.1, 0.15) is 17.0 Å². The second-order valence-electron chi connectivity index (χ2n) is 3.78. The summed E-state index contributed by atoms with van der Waals surface area (Å²) in [5.41, 5.74) is 3.27. The molecule has 3 heteroatoms. The molecule has 16 heavy (non-hydrogen) atoms. The molecule has 0 aromatic carbocycles. The Morgan fingerprint density at radius 1 is 1.12 bits per heavy atom. The highest BCUT2D eigenvalue weighted by Gasteiger charge is 1.99. The molecule has 0 atom stereocenters. The molecule has 0 spiro atoms. The molecule has 0 saturated heterocycles. The summed E-state index contributed by atoms with van der Waals surface area (Å²) >= 11 is 0. The van der Waals surface area contributed by atoms with Crippen LogP contribution in [0, 0.1) is 13.8 Å². The number of hydrogen-bond donors (Lipinski definition) is 1. The van der Waals surface area contributed by atoms with E-state index in [-0.39, 0.29) is 0 Å². The number of rotatable bonds is 3. The van der Waals surface area contributed by atoms with Gasteiger partial charge in [-0.25, -0.2) is 4.98 Å². The third-order valence-corrected chi connectivity index (χ3v) is 2.44. The molecule has 1 N–H and O–H groups in total. The van der Waals surface area contributed by atoms with Gasteiger partial charge in [0, 0.05) is 11.9 Å². The summed E-state index contributed by atoms with van der Waals surface area (Å²) in [5, 5.41) is 3.27. The van der Waals surface area contributed by atoms with Crippen LogP contribution in [0.3, 0.4) is 0 Å². The zero-order chi connectivity index (χ0) is 11.4. The summed E-state index contributed by atoms with van der Waals surface area (Å²) in [5.74, 6) is 0.894. The van der Waals surface area contributed by atoms with Crippen molar-refractivity contribution in [2.45, 2.75) is 20.4 Å². The van der Waals surface area contributed by atoms with Crippen molar-refractivity contribution in [2.24, 2.45) is 0 Å². The molecule has 2 aromatic rings. The third-order valence-electron chi connectivity index (χ3n) is 2.44. The predicted octanol–water partition coefficient (Wildman–Crippen LogP) is 2.71. The maximum atomic E-state index is 4.38. The van der Waals surface area contributed by atoms with Crippen LogP contribution < -0.4 is 5.32 Å². The summed E-state index contributed by atoms with van der Waals surface area (Å²) < 4.78 is 0. The van der Waals surface area contributed by atoms with Gasteiger partial charge in [0.25, 0.3) is 0 Å². The second-order valence-corrected chi connectivity index (χ2v) is 3.78. The van der Waals surface area contributed by atoms with Crippen molar-refractivity contribution in [1.29, 1.82) is 0 Å². The maximum Gasteiger partial charge on any atom is 0.126 e. The van der Waals surface area contributed by atoms with Gasteiger partial charge in [0.05, 0.1) is 12.2 Å². The quantitative estimate of drug-likeness (QED) is 0.851. The second kappa shape index (κ2) is 4.75. The average molecular weight is 213 g/mol. The van der Waals surface area contributed by atoms with E-state index in [1.807, 2.05) is 37.4 Å². The smallest absolute Gasteiger partial charge is 0.126 e. The molecular weight excluding hydrogens is 198 g/mol. The van der Waals surface area contributed by atoms with Crippen molar-refractivity contribution in [2.75, 3.05) is 5.32 Å². The molecular formula is C13H15N3. The van der Waals surface area contributed by atoms with Gasteiger partial charge in [-0.15, -0.1) is 0 Å². The first-order chi connectivity index (χ1) is 7.75. The van der Waals surface area contributed by atoms with E-state index in [2.05, 4.69) is 28.3 Å². The molecule has 0 aliphatic carbocycles. The molecule has 3 nitrogen and oxygen atoms in total. The molecule has 0 aliphatic rings. The fourth-order valence-corrected chi connectivity index (χ4v) is 1.52. The van der Waals surface area contributed by atoms with Crippen LogP contribution >= 0.6 is 0 Å². The Kier molecular flexibility index (Phi) is 3.15. The first kappa shape index (κ1) is 10.6. The number of aromatic nitrogens is 2. The summed E-state index contributed by atoms with van der Waals surface area (Å²) in [7, 11) is 0. The molecule has 0 fully saturated rings. The lowest BCUT2D eigenvalue weighted by Gasteiger charge is -2.07. The number of aryl methyl sites for hydroxylation is 2. The summed E-state index contributed by atoms with van der Waals surface area (Å²) in [6, 6.07) is 9.95. The van der Waals surface area contributed by atoms with Gasteiger partial charge in [-0.2, -0.15) is 0 Å². The van der Waals surface area contributed by atoms with E-state index in [4.69, 9.17) is 0 Å². The van der Waals surface area contributed by atoms with Crippen molar-refractivity contribution in [3.63, 3.8) is 0 Å². The van der Waals surface area contributed by atoms with E-state index in [0.717, 1.165) is 17.2 Å². The van der Waals surface area contributed by atoms with Crippen molar-refractivity contribution >= 4 is 5.82 Å². The van der Waals surface area contributed by atoms with E-state index in [1.54, 1.807) is 0 Å². The molecule has 2 rings (SSSR count). The monoisotopic (exact) mass is 213 g/mol. The minimum absolute atomic E-state index is 0.711. The normalized spacial score (nSPS) is 10.1. The number of anilines is 1. The minimum Gasteiger partial charge on any atom is -0.364 e. The topological polar surface area (TPSA) is 37.8 Å². The van der Waals surface area contributed by atoms with Crippen molar-refractivity contribution < 1.29 is 0 Å². The zero-order valence-corrected chi connectivity index (χ0v) is 9.57. The standard InChI is InChI=1S/C13H15N3/c1-10-5-4-8-14-12(10)9-15-13-7-3-6-11(2)16-13/h3-8H,9H2,1-2H3,(H,15,16). The van der Waals surface area contributed by atoms with Crippen molar-refractivity contribution in [1.82, 2.24) is 9.97 Å². The molecule has 2 heterocycles. The Hall–Kier alpha value is -1.90. The van der Waals surface area contributed by atoms with E-state index >= 15 is 0 Å². The van der Waals surface area contributed by atoms with E-state index in [9.17, 15) is 0 Å². The van der Waals surface area contributed by atoms with Gasteiger partial charge in [0.1, 0.15) is 5.82 Å².